The van der Waals surface area contributed by atoms with Crippen LogP contribution in [0.15, 0.2) is 42.4 Å². The second-order valence-corrected chi connectivity index (χ2v) is 7.90. The number of H-pyrrole nitrogens is 2. The van der Waals surface area contributed by atoms with E-state index < -0.39 is 6.10 Å². The highest BCUT2D eigenvalue weighted by atomic mass is 32.1. The van der Waals surface area contributed by atoms with Gasteiger partial charge in [-0.05, 0) is 35.7 Å². The minimum Gasteiger partial charge on any atom is -0.391 e. The lowest BCUT2D eigenvalue weighted by molar-refractivity contribution is -0.578. The second kappa shape index (κ2) is 6.84. The Balaban J connectivity index is 1.41. The zero-order chi connectivity index (χ0) is 19.1. The standard InChI is InChI=1S/C19H18N6O2S/c26-16-3-1-2-15(16)24-19(27)17-4-11(10-28-17)14-8-23-25-9-13(5-20-18(14)25)12-6-21-22-7-12/h4-10,15-16,26H,1-3H2,(H2,21,22,24,27)/p+1. The zero-order valence-electron chi connectivity index (χ0n) is 14.9. The van der Waals surface area contributed by atoms with E-state index in [1.807, 2.05) is 34.6 Å². The number of hydrogen-bond donors (Lipinski definition) is 4. The average molecular weight is 395 g/mol. The third kappa shape index (κ3) is 2.98. The smallest absolute Gasteiger partial charge is 0.355 e. The molecule has 4 heterocycles. The molecule has 4 N–H and O–H groups in total. The Morgan fingerprint density at radius 1 is 1.25 bits per heavy atom. The van der Waals surface area contributed by atoms with Gasteiger partial charge in [-0.1, -0.05) is 0 Å². The lowest BCUT2D eigenvalue weighted by Crippen LogP contribution is -2.39. The molecule has 0 aliphatic heterocycles. The van der Waals surface area contributed by atoms with Crippen molar-refractivity contribution in [3.05, 3.63) is 47.3 Å². The van der Waals surface area contributed by atoms with E-state index in [1.54, 1.807) is 12.4 Å². The van der Waals surface area contributed by atoms with Crippen molar-refractivity contribution < 1.29 is 14.4 Å². The van der Waals surface area contributed by atoms with E-state index in [2.05, 4.69) is 25.6 Å². The SMILES string of the molecule is O=C(NC1CCCC1O)c1cc(-c2c[nH][n+]3cc(-c4cn[nH]c4)cnc23)cs1. The van der Waals surface area contributed by atoms with Gasteiger partial charge in [-0.25, -0.2) is 5.10 Å². The summed E-state index contributed by atoms with van der Waals surface area (Å²) < 4.78 is 1.85. The molecule has 2 atom stereocenters. The van der Waals surface area contributed by atoms with Crippen molar-refractivity contribution in [2.24, 2.45) is 0 Å². The van der Waals surface area contributed by atoms with Crippen LogP contribution < -0.4 is 9.83 Å². The summed E-state index contributed by atoms with van der Waals surface area (Å²) in [6, 6.07) is 1.72. The van der Waals surface area contributed by atoms with Crippen molar-refractivity contribution in [3.63, 3.8) is 0 Å². The third-order valence-corrected chi connectivity index (χ3v) is 6.10. The van der Waals surface area contributed by atoms with Crippen LogP contribution >= 0.6 is 11.3 Å². The highest BCUT2D eigenvalue weighted by Gasteiger charge is 2.27. The normalized spacial score (nSPS) is 19.3. The molecule has 28 heavy (non-hydrogen) atoms. The van der Waals surface area contributed by atoms with Crippen molar-refractivity contribution in [2.75, 3.05) is 0 Å². The number of nitrogens with one attached hydrogen (secondary N) is 3. The molecule has 4 aromatic rings. The van der Waals surface area contributed by atoms with Crippen molar-refractivity contribution in [1.29, 1.82) is 0 Å². The largest absolute Gasteiger partial charge is 0.391 e. The summed E-state index contributed by atoms with van der Waals surface area (Å²) in [4.78, 5) is 17.7. The molecule has 2 unspecified atom stereocenters. The number of amides is 1. The van der Waals surface area contributed by atoms with Crippen LogP contribution in [0.1, 0.15) is 28.9 Å². The van der Waals surface area contributed by atoms with E-state index in [9.17, 15) is 9.90 Å². The molecule has 9 heteroatoms. The monoisotopic (exact) mass is 395 g/mol. The number of fused-ring (bicyclic) bond motifs is 1. The maximum atomic E-state index is 12.5. The van der Waals surface area contributed by atoms with Gasteiger partial charge in [0.2, 0.25) is 0 Å². The van der Waals surface area contributed by atoms with E-state index >= 15 is 0 Å². The topological polar surface area (TPSA) is 111 Å². The molecule has 0 spiro atoms. The Morgan fingerprint density at radius 2 is 2.18 bits per heavy atom. The van der Waals surface area contributed by atoms with Gasteiger partial charge in [0.15, 0.2) is 6.20 Å². The predicted octanol–water partition coefficient (Wildman–Crippen LogP) is 1.91. The minimum atomic E-state index is -0.443. The first-order valence-corrected chi connectivity index (χ1v) is 10.0. The van der Waals surface area contributed by atoms with Crippen molar-refractivity contribution in [3.8, 4) is 22.3 Å². The Labute approximate surface area is 164 Å². The van der Waals surface area contributed by atoms with Crippen LogP contribution in [0.25, 0.3) is 27.9 Å². The van der Waals surface area contributed by atoms with E-state index in [4.69, 9.17) is 0 Å². The Bertz CT molecular complexity index is 1130. The number of carbonyl (C=O) groups excluding carboxylic acids is 1. The van der Waals surface area contributed by atoms with Crippen LogP contribution in [0, 0.1) is 0 Å². The van der Waals surface area contributed by atoms with Crippen molar-refractivity contribution in [2.45, 2.75) is 31.4 Å². The van der Waals surface area contributed by atoms with Crippen molar-refractivity contribution >= 4 is 22.9 Å². The zero-order valence-corrected chi connectivity index (χ0v) is 15.7. The Hall–Kier alpha value is -3.04. The van der Waals surface area contributed by atoms with E-state index in [0.29, 0.717) is 4.88 Å². The highest BCUT2D eigenvalue weighted by molar-refractivity contribution is 7.12. The number of aliphatic hydroxyl groups is 1. The predicted molar refractivity (Wildman–Crippen MR) is 104 cm³/mol. The molecule has 1 aliphatic rings. The van der Waals surface area contributed by atoms with Crippen LogP contribution in [-0.2, 0) is 0 Å². The van der Waals surface area contributed by atoms with Gasteiger partial charge in [0.1, 0.15) is 6.20 Å². The lowest BCUT2D eigenvalue weighted by Gasteiger charge is -2.15. The Kier molecular flexibility index (Phi) is 4.18. The summed E-state index contributed by atoms with van der Waals surface area (Å²) in [5.41, 5.74) is 4.55. The van der Waals surface area contributed by atoms with E-state index in [1.165, 1.54) is 11.3 Å². The molecule has 0 aromatic carbocycles. The molecule has 1 saturated carbocycles. The molecule has 0 bridgehead atoms. The number of nitrogens with zero attached hydrogens (tertiary/aromatic N) is 3. The fourth-order valence-electron chi connectivity index (χ4n) is 3.64. The minimum absolute atomic E-state index is 0.134. The van der Waals surface area contributed by atoms with Crippen molar-refractivity contribution in [1.82, 2.24) is 25.6 Å². The third-order valence-electron chi connectivity index (χ3n) is 5.17. The molecule has 1 aliphatic carbocycles. The summed E-state index contributed by atoms with van der Waals surface area (Å²) >= 11 is 1.39. The molecule has 1 amide bonds. The lowest BCUT2D eigenvalue weighted by atomic mass is 10.1. The number of aromatic amines is 2. The number of carbonyl (C=O) groups is 1. The van der Waals surface area contributed by atoms with Crippen LogP contribution in [-0.4, -0.2) is 43.4 Å². The highest BCUT2D eigenvalue weighted by Crippen LogP contribution is 2.28. The molecule has 142 valence electrons. The average Bonchev–Trinajstić information content (AvgIpc) is 3.48. The summed E-state index contributed by atoms with van der Waals surface area (Å²) in [6.07, 6.45) is 11.3. The van der Waals surface area contributed by atoms with Crippen LogP contribution in [0.3, 0.4) is 0 Å². The van der Waals surface area contributed by atoms with Gasteiger partial charge >= 0.3 is 5.65 Å². The molecule has 1 fully saturated rings. The van der Waals surface area contributed by atoms with Gasteiger partial charge in [0, 0.05) is 17.3 Å². The molecule has 0 saturated heterocycles. The Morgan fingerprint density at radius 3 is 2.96 bits per heavy atom. The van der Waals surface area contributed by atoms with E-state index in [-0.39, 0.29) is 11.9 Å². The van der Waals surface area contributed by atoms with Crippen LogP contribution in [0.5, 0.6) is 0 Å². The fraction of sp³-hybridized carbons (Fsp3) is 0.263. The quantitative estimate of drug-likeness (QED) is 0.396. The number of aromatic nitrogens is 5. The van der Waals surface area contributed by atoms with Crippen LogP contribution in [0.4, 0.5) is 0 Å². The molecule has 0 radical (unpaired) electrons. The first-order valence-electron chi connectivity index (χ1n) is 9.15. The van der Waals surface area contributed by atoms with Crippen LogP contribution in [0.2, 0.25) is 0 Å². The molecule has 4 aromatic heterocycles. The number of aliphatic hydroxyl groups excluding tert-OH is 1. The molecule has 5 rings (SSSR count). The molecular weight excluding hydrogens is 376 g/mol. The van der Waals surface area contributed by atoms with Gasteiger partial charge in [0.25, 0.3) is 5.91 Å². The molecule has 8 nitrogen and oxygen atoms in total. The summed E-state index contributed by atoms with van der Waals surface area (Å²) in [6.45, 7) is 0. The van der Waals surface area contributed by atoms with Gasteiger partial charge < -0.3 is 10.4 Å². The number of thiophene rings is 1. The molecular formula is C19H19N6O2S+. The first-order chi connectivity index (χ1) is 13.7. The van der Waals surface area contributed by atoms with Gasteiger partial charge in [-0.2, -0.15) is 5.10 Å². The fourth-order valence-corrected chi connectivity index (χ4v) is 4.45. The maximum absolute atomic E-state index is 12.5. The second-order valence-electron chi connectivity index (χ2n) is 6.99. The summed E-state index contributed by atoms with van der Waals surface area (Å²) in [7, 11) is 0. The maximum Gasteiger partial charge on any atom is 0.355 e. The van der Waals surface area contributed by atoms with Gasteiger partial charge in [-0.15, -0.1) is 15.9 Å². The number of rotatable bonds is 4. The van der Waals surface area contributed by atoms with Gasteiger partial charge in [-0.3, -0.25) is 9.89 Å². The number of hydrogen-bond acceptors (Lipinski definition) is 5. The van der Waals surface area contributed by atoms with Gasteiger partial charge in [0.05, 0.1) is 40.5 Å². The van der Waals surface area contributed by atoms with E-state index in [0.717, 1.165) is 47.2 Å². The summed E-state index contributed by atoms with van der Waals surface area (Å²) in [5, 5.41) is 24.8. The first kappa shape index (κ1) is 17.1. The summed E-state index contributed by atoms with van der Waals surface area (Å²) in [5.74, 6) is -0.134.